The Labute approximate surface area is 272 Å². The maximum atomic E-state index is 14.1. The van der Waals surface area contributed by atoms with Gasteiger partial charge in [0, 0.05) is 24.2 Å². The van der Waals surface area contributed by atoms with Gasteiger partial charge in [-0.3, -0.25) is 9.59 Å². The highest BCUT2D eigenvalue weighted by Gasteiger charge is 2.34. The fourth-order valence-corrected chi connectivity index (χ4v) is 6.95. The molecule has 0 fully saturated rings. The molecule has 2 bridgehead atoms. The maximum absolute atomic E-state index is 14.1. The number of para-hydroxylation sites is 1. The van der Waals surface area contributed by atoms with Crippen molar-refractivity contribution < 1.29 is 32.2 Å². The van der Waals surface area contributed by atoms with E-state index in [9.17, 15) is 18.0 Å². The zero-order chi connectivity index (χ0) is 33.0. The molecule has 3 heterocycles. The molecule has 1 aromatic heterocycles. The predicted molar refractivity (Wildman–Crippen MR) is 172 cm³/mol. The van der Waals surface area contributed by atoms with Crippen molar-refractivity contribution in [2.24, 2.45) is 5.92 Å². The number of hydrogen-bond acceptors (Lipinski definition) is 9. The van der Waals surface area contributed by atoms with Crippen molar-refractivity contribution in [1.82, 2.24) is 29.7 Å². The summed E-state index contributed by atoms with van der Waals surface area (Å²) < 4.78 is 48.3. The molecule has 2 aliphatic rings. The molecule has 0 saturated heterocycles. The van der Waals surface area contributed by atoms with Crippen molar-refractivity contribution in [2.75, 3.05) is 39.5 Å². The van der Waals surface area contributed by atoms with Gasteiger partial charge in [-0.1, -0.05) is 56.3 Å². The number of carbonyl (C=O) groups excluding carboxylic acids is 2. The van der Waals surface area contributed by atoms with Gasteiger partial charge >= 0.3 is 0 Å². The first-order valence-corrected chi connectivity index (χ1v) is 16.8. The second kappa shape index (κ2) is 13.8. The number of carbonyl (C=O) groups is 2. The molecule has 14 heteroatoms. The molecular weight excluding hydrogens is 624 g/mol. The lowest BCUT2D eigenvalue weighted by Gasteiger charge is -2.27. The third-order valence-electron chi connectivity index (χ3n) is 7.78. The van der Waals surface area contributed by atoms with Gasteiger partial charge in [-0.25, -0.2) is 18.1 Å². The summed E-state index contributed by atoms with van der Waals surface area (Å²) in [5.41, 5.74) is 1.15. The highest BCUT2D eigenvalue weighted by Crippen LogP contribution is 2.37. The summed E-state index contributed by atoms with van der Waals surface area (Å²) in [6.07, 6.45) is 0. The van der Waals surface area contributed by atoms with Crippen LogP contribution in [0.4, 0.5) is 0 Å². The molecule has 0 unspecified atom stereocenters. The number of amides is 2. The summed E-state index contributed by atoms with van der Waals surface area (Å²) in [5, 5.41) is 10.5. The van der Waals surface area contributed by atoms with Crippen molar-refractivity contribution >= 4 is 21.8 Å². The van der Waals surface area contributed by atoms with E-state index in [2.05, 4.69) is 10.6 Å². The Kier molecular flexibility index (Phi) is 9.41. The third-order valence-corrected chi connectivity index (χ3v) is 9.65. The summed E-state index contributed by atoms with van der Waals surface area (Å²) >= 11 is 0. The molecule has 0 radical (unpaired) electrons. The smallest absolute Gasteiger partial charge is 0.251 e. The van der Waals surface area contributed by atoms with Crippen LogP contribution in [0.2, 0.25) is 0 Å². The van der Waals surface area contributed by atoms with E-state index in [4.69, 9.17) is 24.3 Å². The van der Waals surface area contributed by atoms with Gasteiger partial charge in [0.25, 0.3) is 5.91 Å². The zero-order valence-electron chi connectivity index (χ0n) is 26.1. The highest BCUT2D eigenvalue weighted by atomic mass is 32.2. The molecule has 2 N–H and O–H groups in total. The lowest BCUT2D eigenvalue weighted by atomic mass is 10.0. The first-order valence-electron chi connectivity index (χ1n) is 15.4. The molecule has 2 amide bonds. The van der Waals surface area contributed by atoms with Gasteiger partial charge in [-0.2, -0.15) is 9.40 Å². The topological polar surface area (TPSA) is 154 Å². The Balaban J connectivity index is 1.38. The van der Waals surface area contributed by atoms with Gasteiger partial charge in [-0.05, 0) is 36.2 Å². The van der Waals surface area contributed by atoms with Crippen LogP contribution in [0.5, 0.6) is 17.2 Å². The van der Waals surface area contributed by atoms with Crippen molar-refractivity contribution in [3.63, 3.8) is 0 Å². The number of aromatic nitrogens is 3. The molecule has 246 valence electrons. The van der Waals surface area contributed by atoms with Crippen LogP contribution in [0, 0.1) is 5.92 Å². The van der Waals surface area contributed by atoms with E-state index >= 15 is 0 Å². The fourth-order valence-electron chi connectivity index (χ4n) is 5.41. The molecule has 2 aliphatic heterocycles. The molecule has 0 saturated carbocycles. The standard InChI is InChI=1S/C33H36N6O7S/c1-22(2)29-32-36-31(23-8-4-3-5-9-23)37-39(32)16-17-44-25-11-6-10-24(20-25)33(41)34-14-15-38(21-28(40)35-29)47(42,43)27-13-7-12-26-30(27)46-19-18-45-26/h3-13,20,22,29H,14-19,21H2,1-2H3,(H,34,41)(H,35,40)/t29-/m0/s1. The lowest BCUT2D eigenvalue weighted by Crippen LogP contribution is -2.46. The normalized spacial score (nSPS) is 18.0. The Morgan fingerprint density at radius 3 is 2.45 bits per heavy atom. The first kappa shape index (κ1) is 32.0. The number of nitrogens with one attached hydrogen (secondary N) is 2. The van der Waals surface area contributed by atoms with Crippen LogP contribution in [-0.2, 0) is 21.4 Å². The van der Waals surface area contributed by atoms with E-state index in [1.807, 2.05) is 44.2 Å². The quantitative estimate of drug-likeness (QED) is 0.336. The minimum Gasteiger partial charge on any atom is -0.492 e. The van der Waals surface area contributed by atoms with Crippen molar-refractivity contribution in [1.29, 1.82) is 0 Å². The molecule has 0 spiro atoms. The van der Waals surface area contributed by atoms with Crippen LogP contribution in [0.1, 0.15) is 36.1 Å². The largest absolute Gasteiger partial charge is 0.492 e. The van der Waals surface area contributed by atoms with Crippen molar-refractivity contribution in [2.45, 2.75) is 31.3 Å². The van der Waals surface area contributed by atoms with Crippen LogP contribution in [-0.4, -0.2) is 78.8 Å². The number of ether oxygens (including phenoxy) is 3. The SMILES string of the molecule is CC(C)[C@@H]1NC(=O)CN(S(=O)(=O)c2cccc3c2OCCO3)CCNC(=O)c2cccc(c2)OCCn2nc(-c3ccccc3)nc21. The van der Waals surface area contributed by atoms with Crippen LogP contribution in [0.15, 0.2) is 77.7 Å². The number of benzene rings is 3. The first-order chi connectivity index (χ1) is 22.7. The molecule has 1 atom stereocenters. The van der Waals surface area contributed by atoms with Gasteiger partial charge in [-0.15, -0.1) is 0 Å². The van der Waals surface area contributed by atoms with E-state index < -0.39 is 34.4 Å². The average molecular weight is 661 g/mol. The molecule has 0 aliphatic carbocycles. The van der Waals surface area contributed by atoms with E-state index in [1.165, 1.54) is 6.07 Å². The Hall–Kier alpha value is -4.95. The highest BCUT2D eigenvalue weighted by molar-refractivity contribution is 7.89. The van der Waals surface area contributed by atoms with E-state index in [-0.39, 0.29) is 49.5 Å². The number of sulfonamides is 1. The molecule has 13 nitrogen and oxygen atoms in total. The minimum atomic E-state index is -4.30. The summed E-state index contributed by atoms with van der Waals surface area (Å²) in [4.78, 5) is 31.5. The van der Waals surface area contributed by atoms with E-state index in [0.717, 1.165) is 9.87 Å². The molecule has 6 rings (SSSR count). The van der Waals surface area contributed by atoms with E-state index in [0.29, 0.717) is 35.3 Å². The van der Waals surface area contributed by atoms with Gasteiger partial charge in [0.05, 0.1) is 19.1 Å². The minimum absolute atomic E-state index is 0.0643. The Morgan fingerprint density at radius 2 is 1.64 bits per heavy atom. The van der Waals surface area contributed by atoms with Gasteiger partial charge in [0.1, 0.15) is 30.5 Å². The number of hydrogen-bond donors (Lipinski definition) is 2. The predicted octanol–water partition coefficient (Wildman–Crippen LogP) is 3.04. The molecular formula is C33H36N6O7S. The van der Waals surface area contributed by atoms with Gasteiger partial charge in [0.2, 0.25) is 15.9 Å². The summed E-state index contributed by atoms with van der Waals surface area (Å²) in [6.45, 7) is 4.08. The third kappa shape index (κ3) is 7.08. The molecule has 4 aromatic rings. The monoisotopic (exact) mass is 660 g/mol. The maximum Gasteiger partial charge on any atom is 0.251 e. The van der Waals surface area contributed by atoms with Crippen LogP contribution < -0.4 is 24.8 Å². The van der Waals surface area contributed by atoms with Crippen molar-refractivity contribution in [3.8, 4) is 28.6 Å². The molecule has 3 aromatic carbocycles. The van der Waals surface area contributed by atoms with Crippen LogP contribution in [0.25, 0.3) is 11.4 Å². The van der Waals surface area contributed by atoms with Crippen molar-refractivity contribution in [3.05, 3.63) is 84.2 Å². The van der Waals surface area contributed by atoms with E-state index in [1.54, 1.807) is 41.1 Å². The van der Waals surface area contributed by atoms with Crippen LogP contribution >= 0.6 is 0 Å². The lowest BCUT2D eigenvalue weighted by molar-refractivity contribution is -0.122. The average Bonchev–Trinajstić information content (AvgIpc) is 3.50. The van der Waals surface area contributed by atoms with Crippen LogP contribution in [0.3, 0.4) is 0 Å². The zero-order valence-corrected chi connectivity index (χ0v) is 26.9. The second-order valence-electron chi connectivity index (χ2n) is 11.4. The number of nitrogens with zero attached hydrogens (tertiary/aromatic N) is 4. The Morgan fingerprint density at radius 1 is 0.872 bits per heavy atom. The summed E-state index contributed by atoms with van der Waals surface area (Å²) in [5.74, 6) is 0.754. The molecule has 47 heavy (non-hydrogen) atoms. The number of rotatable bonds is 4. The van der Waals surface area contributed by atoms with Gasteiger partial charge in [0.15, 0.2) is 23.1 Å². The second-order valence-corrected chi connectivity index (χ2v) is 13.3. The Bertz CT molecular complexity index is 1860. The fraction of sp³-hybridized carbons (Fsp3) is 0.333. The summed E-state index contributed by atoms with van der Waals surface area (Å²) in [6, 6.07) is 20.2. The summed E-state index contributed by atoms with van der Waals surface area (Å²) in [7, 11) is -4.30. The number of fused-ring (bicyclic) bond motifs is 4. The van der Waals surface area contributed by atoms with Gasteiger partial charge < -0.3 is 24.8 Å².